The molecular weight excluding hydrogens is 306 g/mol. The number of rotatable bonds is 5. The molecule has 0 amide bonds. The number of nitrogens with one attached hydrogen (secondary N) is 1. The fourth-order valence-corrected chi connectivity index (χ4v) is 3.00. The molecule has 118 valence electrons. The zero-order chi connectivity index (χ0) is 16.3. The average Bonchev–Trinajstić information content (AvgIpc) is 2.49. The van der Waals surface area contributed by atoms with Crippen molar-refractivity contribution < 1.29 is 23.0 Å². The van der Waals surface area contributed by atoms with Gasteiger partial charge in [0, 0.05) is 6.07 Å². The minimum Gasteiger partial charge on any atom is -0.506 e. The molecule has 0 aliphatic carbocycles. The zero-order valence-electron chi connectivity index (χ0n) is 12.5. The largest absolute Gasteiger partial charge is 0.506 e. The minimum absolute atomic E-state index is 0.00561. The zero-order valence-corrected chi connectivity index (χ0v) is 13.3. The van der Waals surface area contributed by atoms with Crippen LogP contribution < -0.4 is 14.2 Å². The van der Waals surface area contributed by atoms with Gasteiger partial charge in [0.15, 0.2) is 11.5 Å². The van der Waals surface area contributed by atoms with E-state index in [9.17, 15) is 13.5 Å². The van der Waals surface area contributed by atoms with Crippen LogP contribution in [0.4, 0.5) is 5.69 Å². The third-order valence-corrected chi connectivity index (χ3v) is 4.42. The lowest BCUT2D eigenvalue weighted by Crippen LogP contribution is -2.13. The summed E-state index contributed by atoms with van der Waals surface area (Å²) in [4.78, 5) is 0.00561. The van der Waals surface area contributed by atoms with Crippen LogP contribution in [-0.2, 0) is 10.0 Å². The fourth-order valence-electron chi connectivity index (χ4n) is 1.92. The van der Waals surface area contributed by atoms with E-state index >= 15 is 0 Å². The first-order chi connectivity index (χ1) is 10.4. The molecule has 2 N–H and O–H groups in total. The van der Waals surface area contributed by atoms with Crippen LogP contribution in [-0.4, -0.2) is 27.7 Å². The number of hydrogen-bond acceptors (Lipinski definition) is 5. The SMILES string of the molecule is COc1ccc(S(=O)(=O)Nc2cc(C)ccc2O)cc1OC. The molecule has 0 aliphatic heterocycles. The van der Waals surface area contributed by atoms with Crippen molar-refractivity contribution in [1.29, 1.82) is 0 Å². The maximum atomic E-state index is 12.4. The van der Waals surface area contributed by atoms with E-state index in [2.05, 4.69) is 4.72 Å². The molecule has 0 aromatic heterocycles. The van der Waals surface area contributed by atoms with Crippen molar-refractivity contribution >= 4 is 15.7 Å². The number of aromatic hydroxyl groups is 1. The summed E-state index contributed by atoms with van der Waals surface area (Å²) >= 11 is 0. The highest BCUT2D eigenvalue weighted by molar-refractivity contribution is 7.92. The molecule has 0 spiro atoms. The van der Waals surface area contributed by atoms with Gasteiger partial charge in [-0.05, 0) is 36.8 Å². The van der Waals surface area contributed by atoms with Crippen LogP contribution in [0.5, 0.6) is 17.2 Å². The number of phenolic OH excluding ortho intramolecular Hbond substituents is 1. The van der Waals surface area contributed by atoms with Crippen LogP contribution in [0.3, 0.4) is 0 Å². The van der Waals surface area contributed by atoms with Crippen molar-refractivity contribution in [2.75, 3.05) is 18.9 Å². The summed E-state index contributed by atoms with van der Waals surface area (Å²) in [5.41, 5.74) is 0.942. The lowest BCUT2D eigenvalue weighted by atomic mass is 10.2. The van der Waals surface area contributed by atoms with Gasteiger partial charge in [0.1, 0.15) is 5.75 Å². The maximum absolute atomic E-state index is 12.4. The number of phenols is 1. The highest BCUT2D eigenvalue weighted by Gasteiger charge is 2.18. The minimum atomic E-state index is -3.86. The van der Waals surface area contributed by atoms with E-state index in [1.165, 1.54) is 38.5 Å². The van der Waals surface area contributed by atoms with Crippen molar-refractivity contribution in [2.45, 2.75) is 11.8 Å². The molecule has 0 saturated heterocycles. The van der Waals surface area contributed by atoms with Gasteiger partial charge in [-0.3, -0.25) is 4.72 Å². The Morgan fingerprint density at radius 2 is 1.68 bits per heavy atom. The molecule has 0 unspecified atom stereocenters. The van der Waals surface area contributed by atoms with Crippen LogP contribution in [0.2, 0.25) is 0 Å². The second-order valence-corrected chi connectivity index (χ2v) is 6.33. The lowest BCUT2D eigenvalue weighted by Gasteiger charge is -2.12. The highest BCUT2D eigenvalue weighted by atomic mass is 32.2. The molecule has 0 radical (unpaired) electrons. The second kappa shape index (κ2) is 6.15. The number of sulfonamides is 1. The second-order valence-electron chi connectivity index (χ2n) is 4.64. The van der Waals surface area contributed by atoms with Crippen molar-refractivity contribution in [2.24, 2.45) is 0 Å². The number of aryl methyl sites for hydroxylation is 1. The molecule has 0 bridgehead atoms. The summed E-state index contributed by atoms with van der Waals surface area (Å²) < 4.78 is 37.4. The molecule has 2 aromatic rings. The predicted molar refractivity (Wildman–Crippen MR) is 83.2 cm³/mol. The van der Waals surface area contributed by atoms with Gasteiger partial charge in [0.05, 0.1) is 24.8 Å². The third-order valence-electron chi connectivity index (χ3n) is 3.06. The highest BCUT2D eigenvalue weighted by Crippen LogP contribution is 2.31. The van der Waals surface area contributed by atoms with Gasteiger partial charge in [0.2, 0.25) is 0 Å². The Balaban J connectivity index is 2.40. The third kappa shape index (κ3) is 3.25. The molecule has 0 fully saturated rings. The predicted octanol–water partition coefficient (Wildman–Crippen LogP) is 2.52. The molecule has 6 nitrogen and oxygen atoms in total. The normalized spacial score (nSPS) is 11.0. The van der Waals surface area contributed by atoms with Gasteiger partial charge in [-0.25, -0.2) is 8.42 Å². The van der Waals surface area contributed by atoms with Crippen LogP contribution in [0, 0.1) is 6.92 Å². The van der Waals surface area contributed by atoms with E-state index in [1.807, 2.05) is 0 Å². The monoisotopic (exact) mass is 323 g/mol. The van der Waals surface area contributed by atoms with E-state index in [-0.39, 0.29) is 16.3 Å². The molecule has 0 heterocycles. The Morgan fingerprint density at radius 1 is 1.00 bits per heavy atom. The number of anilines is 1. The van der Waals surface area contributed by atoms with Crippen LogP contribution in [0.15, 0.2) is 41.3 Å². The first kappa shape index (κ1) is 16.0. The van der Waals surface area contributed by atoms with Gasteiger partial charge in [-0.15, -0.1) is 0 Å². The summed E-state index contributed by atoms with van der Waals surface area (Å²) in [6.07, 6.45) is 0. The number of methoxy groups -OCH3 is 2. The van der Waals surface area contributed by atoms with Gasteiger partial charge in [-0.1, -0.05) is 6.07 Å². The molecule has 0 atom stereocenters. The van der Waals surface area contributed by atoms with Crippen molar-refractivity contribution in [1.82, 2.24) is 0 Å². The van der Waals surface area contributed by atoms with E-state index in [1.54, 1.807) is 19.1 Å². The molecule has 2 rings (SSSR count). The van der Waals surface area contributed by atoms with E-state index < -0.39 is 10.0 Å². The number of benzene rings is 2. The quantitative estimate of drug-likeness (QED) is 0.826. The first-order valence-corrected chi connectivity index (χ1v) is 7.90. The Labute approximate surface area is 129 Å². The van der Waals surface area contributed by atoms with Crippen molar-refractivity contribution in [3.63, 3.8) is 0 Å². The number of ether oxygens (including phenoxy) is 2. The van der Waals surface area contributed by atoms with Crippen molar-refractivity contribution in [3.8, 4) is 17.2 Å². The molecule has 22 heavy (non-hydrogen) atoms. The summed E-state index contributed by atoms with van der Waals surface area (Å²) in [6, 6.07) is 8.92. The van der Waals surface area contributed by atoms with Gasteiger partial charge in [0.25, 0.3) is 10.0 Å². The fraction of sp³-hybridized carbons (Fsp3) is 0.200. The maximum Gasteiger partial charge on any atom is 0.262 e. The van der Waals surface area contributed by atoms with Gasteiger partial charge < -0.3 is 14.6 Å². The lowest BCUT2D eigenvalue weighted by molar-refractivity contribution is 0.354. The smallest absolute Gasteiger partial charge is 0.262 e. The Bertz CT molecular complexity index is 787. The molecule has 7 heteroatoms. The van der Waals surface area contributed by atoms with E-state index in [0.29, 0.717) is 11.5 Å². The average molecular weight is 323 g/mol. The Hall–Kier alpha value is -2.41. The number of hydrogen-bond donors (Lipinski definition) is 2. The summed E-state index contributed by atoms with van der Waals surface area (Å²) in [5, 5.41) is 9.76. The molecular formula is C15H17NO5S. The summed E-state index contributed by atoms with van der Waals surface area (Å²) in [5.74, 6) is 0.591. The summed E-state index contributed by atoms with van der Waals surface area (Å²) in [6.45, 7) is 1.80. The molecule has 2 aromatic carbocycles. The molecule has 0 aliphatic rings. The van der Waals surface area contributed by atoms with E-state index in [4.69, 9.17) is 9.47 Å². The van der Waals surface area contributed by atoms with Crippen LogP contribution in [0.25, 0.3) is 0 Å². The van der Waals surface area contributed by atoms with Gasteiger partial charge in [-0.2, -0.15) is 0 Å². The summed E-state index contributed by atoms with van der Waals surface area (Å²) in [7, 11) is -0.964. The Morgan fingerprint density at radius 3 is 2.32 bits per heavy atom. The topological polar surface area (TPSA) is 84.9 Å². The molecule has 0 saturated carbocycles. The van der Waals surface area contributed by atoms with Gasteiger partial charge >= 0.3 is 0 Å². The van der Waals surface area contributed by atoms with E-state index in [0.717, 1.165) is 5.56 Å². The van der Waals surface area contributed by atoms with Crippen LogP contribution in [0.1, 0.15) is 5.56 Å². The van der Waals surface area contributed by atoms with Crippen molar-refractivity contribution in [3.05, 3.63) is 42.0 Å². The first-order valence-electron chi connectivity index (χ1n) is 6.42. The standard InChI is InChI=1S/C15H17NO5S/c1-10-4-6-13(17)12(8-10)16-22(18,19)11-5-7-14(20-2)15(9-11)21-3/h4-9,16-17H,1-3H3. The Kier molecular flexibility index (Phi) is 4.46. The van der Waals surface area contributed by atoms with Crippen LogP contribution >= 0.6 is 0 Å².